The van der Waals surface area contributed by atoms with Gasteiger partial charge in [-0.25, -0.2) is 0 Å². The van der Waals surface area contributed by atoms with E-state index in [0.29, 0.717) is 16.3 Å². The predicted molar refractivity (Wildman–Crippen MR) is 137 cm³/mol. The van der Waals surface area contributed by atoms with E-state index in [1.807, 2.05) is 18.2 Å². The monoisotopic (exact) mass is 583 g/mol. The minimum absolute atomic E-state index is 0.0641. The lowest BCUT2D eigenvalue weighted by Crippen LogP contribution is -2.27. The molecule has 0 saturated carbocycles. The van der Waals surface area contributed by atoms with Crippen molar-refractivity contribution in [1.29, 1.82) is 0 Å². The Labute approximate surface area is 216 Å². The molecular weight excluding hydrogens is 571 g/mol. The van der Waals surface area contributed by atoms with Crippen LogP contribution >= 0.6 is 51.5 Å². The maximum atomic E-state index is 13.1. The number of hydrogen-bond donors (Lipinski definition) is 0. The minimum atomic E-state index is -4.53. The van der Waals surface area contributed by atoms with Crippen molar-refractivity contribution < 1.29 is 22.7 Å². The van der Waals surface area contributed by atoms with Crippen molar-refractivity contribution >= 4 is 73.5 Å². The van der Waals surface area contributed by atoms with Gasteiger partial charge in [0.1, 0.15) is 12.4 Å². The fraction of sp³-hybridized carbons (Fsp3) is 0.0833. The van der Waals surface area contributed by atoms with E-state index < -0.39 is 17.6 Å². The van der Waals surface area contributed by atoms with Gasteiger partial charge in [0, 0.05) is 15.1 Å². The molecule has 1 aliphatic heterocycles. The number of thiocarbonyl (C=S) groups is 1. The van der Waals surface area contributed by atoms with Crippen molar-refractivity contribution in [3.05, 3.63) is 97.8 Å². The van der Waals surface area contributed by atoms with Crippen LogP contribution in [0, 0.1) is 0 Å². The summed E-state index contributed by atoms with van der Waals surface area (Å²) in [4.78, 5) is 14.5. The van der Waals surface area contributed by atoms with Gasteiger partial charge in [0.25, 0.3) is 5.91 Å². The summed E-state index contributed by atoms with van der Waals surface area (Å²) >= 11 is 15.7. The Morgan fingerprint density at radius 3 is 2.53 bits per heavy atom. The van der Waals surface area contributed by atoms with Gasteiger partial charge in [0.2, 0.25) is 0 Å². The van der Waals surface area contributed by atoms with E-state index >= 15 is 0 Å². The first kappa shape index (κ1) is 24.8. The Kier molecular flexibility index (Phi) is 7.37. The molecule has 1 fully saturated rings. The molecule has 0 unspecified atom stereocenters. The molecule has 0 atom stereocenters. The molecule has 0 N–H and O–H groups in total. The quantitative estimate of drug-likeness (QED) is 0.224. The van der Waals surface area contributed by atoms with Crippen LogP contribution in [-0.2, 0) is 17.6 Å². The highest BCUT2D eigenvalue weighted by molar-refractivity contribution is 9.10. The summed E-state index contributed by atoms with van der Waals surface area (Å²) in [5, 5.41) is 0.621. The van der Waals surface area contributed by atoms with Crippen molar-refractivity contribution in [3.8, 4) is 5.75 Å². The number of ether oxygens (including phenoxy) is 1. The van der Waals surface area contributed by atoms with E-state index in [-0.39, 0.29) is 21.5 Å². The van der Waals surface area contributed by atoms with E-state index in [2.05, 4.69) is 15.9 Å². The SMILES string of the molecule is O=C1/C(=C\c2cc(Br)ccc2OCc2ccc(Cl)cc2)SC(=S)N1c1cccc(C(F)(F)F)c1. The number of halogens is 5. The molecule has 0 aliphatic carbocycles. The molecule has 4 rings (SSSR count). The first-order chi connectivity index (χ1) is 16.1. The fourth-order valence-electron chi connectivity index (χ4n) is 3.16. The number of thioether (sulfide) groups is 1. The zero-order valence-corrected chi connectivity index (χ0v) is 21.1. The van der Waals surface area contributed by atoms with Crippen molar-refractivity contribution in [2.24, 2.45) is 0 Å². The lowest BCUT2D eigenvalue weighted by Gasteiger charge is -2.16. The normalized spacial score (nSPS) is 15.3. The van der Waals surface area contributed by atoms with Crippen molar-refractivity contribution in [2.45, 2.75) is 12.8 Å². The average molecular weight is 585 g/mol. The topological polar surface area (TPSA) is 29.5 Å². The van der Waals surface area contributed by atoms with Crippen LogP contribution < -0.4 is 9.64 Å². The maximum absolute atomic E-state index is 13.1. The van der Waals surface area contributed by atoms with Crippen LogP contribution in [0.25, 0.3) is 6.08 Å². The Morgan fingerprint density at radius 2 is 1.82 bits per heavy atom. The first-order valence-electron chi connectivity index (χ1n) is 9.74. The van der Waals surface area contributed by atoms with Crippen LogP contribution in [0.1, 0.15) is 16.7 Å². The molecule has 0 spiro atoms. The third-order valence-electron chi connectivity index (χ3n) is 4.79. The Hall–Kier alpha value is -2.33. The second-order valence-corrected chi connectivity index (χ2v) is 10.2. The molecule has 34 heavy (non-hydrogen) atoms. The molecule has 3 nitrogen and oxygen atoms in total. The minimum Gasteiger partial charge on any atom is -0.488 e. The summed E-state index contributed by atoms with van der Waals surface area (Å²) in [7, 11) is 0. The summed E-state index contributed by atoms with van der Waals surface area (Å²) in [6.07, 6.45) is -2.91. The molecule has 3 aromatic carbocycles. The van der Waals surface area contributed by atoms with Crippen LogP contribution in [0.2, 0.25) is 5.02 Å². The van der Waals surface area contributed by atoms with Crippen molar-refractivity contribution in [3.63, 3.8) is 0 Å². The molecule has 1 aliphatic rings. The molecule has 0 aromatic heterocycles. The number of benzene rings is 3. The van der Waals surface area contributed by atoms with Gasteiger partial charge < -0.3 is 4.74 Å². The Balaban J connectivity index is 1.61. The van der Waals surface area contributed by atoms with Crippen molar-refractivity contribution in [1.82, 2.24) is 0 Å². The molecule has 0 bridgehead atoms. The highest BCUT2D eigenvalue weighted by atomic mass is 79.9. The van der Waals surface area contributed by atoms with Gasteiger partial charge in [-0.3, -0.25) is 9.69 Å². The summed E-state index contributed by atoms with van der Waals surface area (Å²) in [6, 6.07) is 17.1. The number of anilines is 1. The fourth-order valence-corrected chi connectivity index (χ4v) is 4.95. The summed E-state index contributed by atoms with van der Waals surface area (Å²) in [5.74, 6) is 0.0282. The summed E-state index contributed by atoms with van der Waals surface area (Å²) in [5.41, 5.74) is 0.740. The molecule has 3 aromatic rings. The van der Waals surface area contributed by atoms with E-state index in [1.54, 1.807) is 30.3 Å². The number of carbonyl (C=O) groups is 1. The molecule has 1 heterocycles. The van der Waals surface area contributed by atoms with Gasteiger partial charge >= 0.3 is 6.18 Å². The second kappa shape index (κ2) is 10.1. The van der Waals surface area contributed by atoms with E-state index in [1.165, 1.54) is 12.1 Å². The smallest absolute Gasteiger partial charge is 0.416 e. The Morgan fingerprint density at radius 1 is 1.09 bits per heavy atom. The van der Waals surface area contributed by atoms with E-state index in [0.717, 1.165) is 38.8 Å². The van der Waals surface area contributed by atoms with Crippen LogP contribution in [0.5, 0.6) is 5.75 Å². The van der Waals surface area contributed by atoms with Gasteiger partial charge in [0.05, 0.1) is 16.2 Å². The lowest BCUT2D eigenvalue weighted by molar-refractivity contribution is -0.137. The van der Waals surface area contributed by atoms with Gasteiger partial charge in [-0.15, -0.1) is 0 Å². The number of hydrogen-bond acceptors (Lipinski definition) is 4. The first-order valence-corrected chi connectivity index (χ1v) is 12.1. The van der Waals surface area contributed by atoms with Crippen LogP contribution in [0.3, 0.4) is 0 Å². The van der Waals surface area contributed by atoms with Gasteiger partial charge in [-0.1, -0.05) is 69.7 Å². The van der Waals surface area contributed by atoms with E-state index in [4.69, 9.17) is 28.6 Å². The molecule has 0 radical (unpaired) electrons. The van der Waals surface area contributed by atoms with Crippen LogP contribution in [-0.4, -0.2) is 10.2 Å². The second-order valence-electron chi connectivity index (χ2n) is 7.16. The number of rotatable bonds is 5. The highest BCUT2D eigenvalue weighted by Crippen LogP contribution is 2.39. The van der Waals surface area contributed by atoms with Gasteiger partial charge in [0.15, 0.2) is 4.32 Å². The third kappa shape index (κ3) is 5.66. The standard InChI is InChI=1S/C24H14BrClF3NO2S2/c25-17-6-9-20(32-13-14-4-7-18(26)8-5-14)15(10-17)11-21-22(31)30(23(33)34-21)19-3-1-2-16(12-19)24(27,28)29/h1-12H,13H2/b21-11+. The number of carbonyl (C=O) groups excluding carboxylic acids is 1. The Bertz CT molecular complexity index is 1300. The van der Waals surface area contributed by atoms with Gasteiger partial charge in [-0.05, 0) is 60.2 Å². The number of alkyl halides is 3. The maximum Gasteiger partial charge on any atom is 0.416 e. The zero-order valence-electron chi connectivity index (χ0n) is 17.1. The summed E-state index contributed by atoms with van der Waals surface area (Å²) in [6.45, 7) is 0.283. The molecule has 174 valence electrons. The summed E-state index contributed by atoms with van der Waals surface area (Å²) < 4.78 is 46.3. The molecule has 1 amide bonds. The third-order valence-corrected chi connectivity index (χ3v) is 6.84. The average Bonchev–Trinajstić information content (AvgIpc) is 3.06. The van der Waals surface area contributed by atoms with Crippen molar-refractivity contribution in [2.75, 3.05) is 4.90 Å². The highest BCUT2D eigenvalue weighted by Gasteiger charge is 2.36. The van der Waals surface area contributed by atoms with Crippen LogP contribution in [0.15, 0.2) is 76.1 Å². The number of nitrogens with zero attached hydrogens (tertiary/aromatic N) is 1. The van der Waals surface area contributed by atoms with Gasteiger partial charge in [-0.2, -0.15) is 13.2 Å². The predicted octanol–water partition coefficient (Wildman–Crippen LogP) is 8.11. The number of amides is 1. The zero-order chi connectivity index (χ0) is 24.5. The van der Waals surface area contributed by atoms with E-state index in [9.17, 15) is 18.0 Å². The van der Waals surface area contributed by atoms with Crippen LogP contribution in [0.4, 0.5) is 18.9 Å². The molecule has 10 heteroatoms. The molecular formula is C24H14BrClF3NO2S2. The largest absolute Gasteiger partial charge is 0.488 e. The molecule has 1 saturated heterocycles. The lowest BCUT2D eigenvalue weighted by atomic mass is 10.1.